The predicted molar refractivity (Wildman–Crippen MR) is 116 cm³/mol. The molecule has 0 atom stereocenters. The molecule has 1 aromatic heterocycles. The molecule has 2 N–H and O–H groups in total. The number of aryl methyl sites for hydroxylation is 3. The molecule has 0 aliphatic rings. The van der Waals surface area contributed by atoms with Crippen LogP contribution in [0.2, 0.25) is 0 Å². The lowest BCUT2D eigenvalue weighted by molar-refractivity contribution is -0.118. The van der Waals surface area contributed by atoms with Crippen LogP contribution in [0.15, 0.2) is 59.0 Å². The second-order valence-corrected chi connectivity index (χ2v) is 7.33. The summed E-state index contributed by atoms with van der Waals surface area (Å²) in [6.07, 6.45) is 0. The third-order valence-electron chi connectivity index (χ3n) is 4.74. The van der Waals surface area contributed by atoms with Crippen molar-refractivity contribution in [2.24, 2.45) is 0 Å². The Morgan fingerprint density at radius 2 is 1.80 bits per heavy atom. The van der Waals surface area contributed by atoms with Gasteiger partial charge in [-0.05, 0) is 68.3 Å². The molecule has 1 amide bonds. The molecule has 0 saturated carbocycles. The highest BCUT2D eigenvalue weighted by Crippen LogP contribution is 2.33. The van der Waals surface area contributed by atoms with Crippen molar-refractivity contribution < 1.29 is 19.1 Å². The number of anilines is 1. The Hall–Kier alpha value is -3.80. The lowest BCUT2D eigenvalue weighted by atomic mass is 10.1. The second kappa shape index (κ2) is 7.91. The van der Waals surface area contributed by atoms with Gasteiger partial charge in [0.2, 0.25) is 5.89 Å². The Bertz CT molecular complexity index is 1240. The lowest BCUT2D eigenvalue weighted by Gasteiger charge is -2.11. The van der Waals surface area contributed by atoms with E-state index in [1.165, 1.54) is 6.07 Å². The Balaban J connectivity index is 1.50. The van der Waals surface area contributed by atoms with Crippen LogP contribution in [-0.2, 0) is 4.79 Å². The number of carbonyl (C=O) groups excluding carboxylic acids is 1. The maximum Gasteiger partial charge on any atom is 0.262 e. The number of phenolic OH excluding ortho intramolecular Hbond substituents is 1. The van der Waals surface area contributed by atoms with Crippen molar-refractivity contribution in [3.63, 3.8) is 0 Å². The van der Waals surface area contributed by atoms with Gasteiger partial charge in [0.25, 0.3) is 5.91 Å². The number of amides is 1. The third-order valence-corrected chi connectivity index (χ3v) is 4.74. The molecule has 4 aromatic rings. The monoisotopic (exact) mass is 402 g/mol. The Kier molecular flexibility index (Phi) is 5.14. The summed E-state index contributed by atoms with van der Waals surface area (Å²) in [4.78, 5) is 16.8. The molecule has 0 fully saturated rings. The summed E-state index contributed by atoms with van der Waals surface area (Å²) in [6.45, 7) is 5.79. The molecule has 6 nitrogen and oxygen atoms in total. The number of rotatable bonds is 5. The quantitative estimate of drug-likeness (QED) is 0.451. The number of oxazole rings is 1. The van der Waals surface area contributed by atoms with Crippen LogP contribution in [-0.4, -0.2) is 22.6 Å². The van der Waals surface area contributed by atoms with Gasteiger partial charge in [0, 0.05) is 5.69 Å². The summed E-state index contributed by atoms with van der Waals surface area (Å²) in [6, 6.07) is 16.2. The van der Waals surface area contributed by atoms with Crippen molar-refractivity contribution >= 4 is 22.7 Å². The van der Waals surface area contributed by atoms with Gasteiger partial charge in [-0.25, -0.2) is 4.98 Å². The number of aromatic hydroxyl groups is 1. The average Bonchev–Trinajstić information content (AvgIpc) is 3.11. The smallest absolute Gasteiger partial charge is 0.262 e. The highest BCUT2D eigenvalue weighted by Gasteiger charge is 2.14. The van der Waals surface area contributed by atoms with Crippen LogP contribution >= 0.6 is 0 Å². The standard InChI is InChI=1S/C24H22N2O4/c1-14-4-8-21(16(3)10-14)29-13-23(28)25-17-6-7-20(27)18(12-17)24-26-19-11-15(2)5-9-22(19)30-24/h4-12,27H,13H2,1-3H3,(H,25,28). The molecule has 0 bridgehead atoms. The summed E-state index contributed by atoms with van der Waals surface area (Å²) in [5.41, 5.74) is 5.42. The van der Waals surface area contributed by atoms with Crippen LogP contribution < -0.4 is 10.1 Å². The van der Waals surface area contributed by atoms with Gasteiger partial charge in [-0.1, -0.05) is 23.8 Å². The molecule has 0 unspecified atom stereocenters. The molecule has 0 radical (unpaired) electrons. The topological polar surface area (TPSA) is 84.6 Å². The van der Waals surface area contributed by atoms with Gasteiger partial charge < -0.3 is 19.6 Å². The summed E-state index contributed by atoms with van der Waals surface area (Å²) in [5.74, 6) is 0.669. The third kappa shape index (κ3) is 4.12. The van der Waals surface area contributed by atoms with Gasteiger partial charge in [0.15, 0.2) is 12.2 Å². The highest BCUT2D eigenvalue weighted by molar-refractivity contribution is 5.93. The first-order valence-electron chi connectivity index (χ1n) is 9.59. The van der Waals surface area contributed by atoms with Gasteiger partial charge in [-0.15, -0.1) is 0 Å². The van der Waals surface area contributed by atoms with Crippen molar-refractivity contribution in [2.75, 3.05) is 11.9 Å². The maximum atomic E-state index is 12.3. The molecule has 0 aliphatic carbocycles. The first-order valence-corrected chi connectivity index (χ1v) is 9.59. The van der Waals surface area contributed by atoms with Crippen LogP contribution in [0.3, 0.4) is 0 Å². The Labute approximate surface area is 174 Å². The summed E-state index contributed by atoms with van der Waals surface area (Å²) in [7, 11) is 0. The van der Waals surface area contributed by atoms with Crippen LogP contribution in [0.4, 0.5) is 5.69 Å². The molecule has 30 heavy (non-hydrogen) atoms. The number of aromatic nitrogens is 1. The van der Waals surface area contributed by atoms with E-state index in [2.05, 4.69) is 10.3 Å². The van der Waals surface area contributed by atoms with Crippen LogP contribution in [0.25, 0.3) is 22.6 Å². The van der Waals surface area contributed by atoms with Crippen molar-refractivity contribution in [3.8, 4) is 23.0 Å². The number of hydrogen-bond donors (Lipinski definition) is 2. The van der Waals surface area contributed by atoms with E-state index >= 15 is 0 Å². The van der Waals surface area contributed by atoms with Crippen LogP contribution in [0.5, 0.6) is 11.5 Å². The average molecular weight is 402 g/mol. The SMILES string of the molecule is Cc1ccc(OCC(=O)Nc2ccc(O)c(-c3nc4cc(C)ccc4o3)c2)c(C)c1. The summed E-state index contributed by atoms with van der Waals surface area (Å²) < 4.78 is 11.4. The van der Waals surface area contributed by atoms with Gasteiger partial charge >= 0.3 is 0 Å². The van der Waals surface area contributed by atoms with E-state index in [0.29, 0.717) is 28.1 Å². The number of nitrogens with one attached hydrogen (secondary N) is 1. The van der Waals surface area contributed by atoms with E-state index in [1.807, 2.05) is 57.2 Å². The van der Waals surface area contributed by atoms with Crippen molar-refractivity contribution in [1.82, 2.24) is 4.98 Å². The van der Waals surface area contributed by atoms with E-state index in [-0.39, 0.29) is 24.2 Å². The summed E-state index contributed by atoms with van der Waals surface area (Å²) >= 11 is 0. The summed E-state index contributed by atoms with van der Waals surface area (Å²) in [5, 5.41) is 13.0. The minimum atomic E-state index is -0.306. The fourth-order valence-corrected chi connectivity index (χ4v) is 3.24. The Morgan fingerprint density at radius 1 is 1.03 bits per heavy atom. The van der Waals surface area contributed by atoms with E-state index in [9.17, 15) is 9.90 Å². The molecule has 152 valence electrons. The van der Waals surface area contributed by atoms with E-state index in [4.69, 9.17) is 9.15 Å². The van der Waals surface area contributed by atoms with Crippen molar-refractivity contribution in [2.45, 2.75) is 20.8 Å². The molecule has 1 heterocycles. The van der Waals surface area contributed by atoms with Gasteiger partial charge in [-0.2, -0.15) is 0 Å². The molecule has 6 heteroatoms. The minimum Gasteiger partial charge on any atom is -0.507 e. The fourth-order valence-electron chi connectivity index (χ4n) is 3.24. The van der Waals surface area contributed by atoms with Crippen molar-refractivity contribution in [1.29, 1.82) is 0 Å². The highest BCUT2D eigenvalue weighted by atomic mass is 16.5. The normalized spacial score (nSPS) is 10.9. The molecule has 0 saturated heterocycles. The number of phenols is 1. The molecule has 4 rings (SSSR count). The van der Waals surface area contributed by atoms with E-state index < -0.39 is 0 Å². The van der Waals surface area contributed by atoms with Gasteiger partial charge in [-0.3, -0.25) is 4.79 Å². The number of ether oxygens (including phenoxy) is 1. The minimum absolute atomic E-state index is 0.0165. The second-order valence-electron chi connectivity index (χ2n) is 7.33. The molecular weight excluding hydrogens is 380 g/mol. The zero-order valence-electron chi connectivity index (χ0n) is 17.0. The number of fused-ring (bicyclic) bond motifs is 1. The molecule has 0 aliphatic heterocycles. The van der Waals surface area contributed by atoms with Gasteiger partial charge in [0.05, 0.1) is 5.56 Å². The first-order chi connectivity index (χ1) is 14.4. The fraction of sp³-hybridized carbons (Fsp3) is 0.167. The lowest BCUT2D eigenvalue weighted by Crippen LogP contribution is -2.20. The van der Waals surface area contributed by atoms with E-state index in [0.717, 1.165) is 16.7 Å². The number of nitrogens with zero attached hydrogens (tertiary/aromatic N) is 1. The largest absolute Gasteiger partial charge is 0.507 e. The number of carbonyl (C=O) groups is 1. The van der Waals surface area contributed by atoms with Crippen LogP contribution in [0.1, 0.15) is 16.7 Å². The molecule has 0 spiro atoms. The van der Waals surface area contributed by atoms with Gasteiger partial charge in [0.1, 0.15) is 17.0 Å². The zero-order valence-corrected chi connectivity index (χ0v) is 17.0. The van der Waals surface area contributed by atoms with Crippen LogP contribution in [0, 0.1) is 20.8 Å². The molecule has 3 aromatic carbocycles. The maximum absolute atomic E-state index is 12.3. The number of benzene rings is 3. The Morgan fingerprint density at radius 3 is 2.60 bits per heavy atom. The predicted octanol–water partition coefficient (Wildman–Crippen LogP) is 5.14. The number of hydrogen-bond acceptors (Lipinski definition) is 5. The first kappa shape index (κ1) is 19.5. The van der Waals surface area contributed by atoms with E-state index in [1.54, 1.807) is 12.1 Å². The zero-order chi connectivity index (χ0) is 21.3. The van der Waals surface area contributed by atoms with Crippen molar-refractivity contribution in [3.05, 3.63) is 71.3 Å². The molecular formula is C24H22N2O4.